The molecule has 0 spiro atoms. The first-order valence-electron chi connectivity index (χ1n) is 9.12. The molecule has 0 bridgehead atoms. The number of pyridine rings is 2. The highest BCUT2D eigenvalue weighted by Crippen LogP contribution is 2.35. The first kappa shape index (κ1) is 17.1. The lowest BCUT2D eigenvalue weighted by Crippen LogP contribution is -2.06. The fourth-order valence-corrected chi connectivity index (χ4v) is 3.43. The van der Waals surface area contributed by atoms with Gasteiger partial charge in [-0.25, -0.2) is 9.97 Å². The number of rotatable bonds is 3. The molecule has 140 valence electrons. The van der Waals surface area contributed by atoms with E-state index in [4.69, 9.17) is 14.7 Å². The van der Waals surface area contributed by atoms with E-state index >= 15 is 0 Å². The summed E-state index contributed by atoms with van der Waals surface area (Å²) in [6.07, 6.45) is 3.31. The van der Waals surface area contributed by atoms with E-state index in [9.17, 15) is 4.79 Å². The van der Waals surface area contributed by atoms with Gasteiger partial charge in [0, 0.05) is 35.0 Å². The second kappa shape index (κ2) is 6.83. The molecule has 0 aliphatic rings. The summed E-state index contributed by atoms with van der Waals surface area (Å²) in [4.78, 5) is 29.3. The molecule has 0 aliphatic carbocycles. The monoisotopic (exact) mass is 380 g/mol. The molecule has 6 heteroatoms. The van der Waals surface area contributed by atoms with Crippen LogP contribution in [0.2, 0.25) is 0 Å². The Balaban J connectivity index is 1.87. The second-order valence-corrected chi connectivity index (χ2v) is 6.58. The molecule has 5 rings (SSSR count). The fourth-order valence-electron chi connectivity index (χ4n) is 3.43. The van der Waals surface area contributed by atoms with Crippen LogP contribution in [0.3, 0.4) is 0 Å². The predicted molar refractivity (Wildman–Crippen MR) is 113 cm³/mol. The Labute approximate surface area is 165 Å². The zero-order chi connectivity index (χ0) is 19.8. The summed E-state index contributed by atoms with van der Waals surface area (Å²) in [6.45, 7) is 0. The number of H-pyrrole nitrogens is 1. The highest BCUT2D eigenvalue weighted by Gasteiger charge is 2.17. The molecule has 0 fully saturated rings. The van der Waals surface area contributed by atoms with Crippen molar-refractivity contribution in [2.75, 3.05) is 7.11 Å². The van der Waals surface area contributed by atoms with E-state index in [1.807, 2.05) is 54.6 Å². The number of nitrogens with zero attached hydrogens (tertiary/aromatic N) is 3. The molecule has 0 saturated heterocycles. The lowest BCUT2D eigenvalue weighted by Gasteiger charge is -2.12. The molecule has 0 atom stereocenters. The van der Waals surface area contributed by atoms with Gasteiger partial charge in [0.05, 0.1) is 18.5 Å². The van der Waals surface area contributed by atoms with Crippen LogP contribution in [-0.4, -0.2) is 27.0 Å². The zero-order valence-corrected chi connectivity index (χ0v) is 15.6. The van der Waals surface area contributed by atoms with Gasteiger partial charge in [-0.1, -0.05) is 36.4 Å². The van der Waals surface area contributed by atoms with Crippen molar-refractivity contribution in [1.82, 2.24) is 19.9 Å². The highest BCUT2D eigenvalue weighted by molar-refractivity contribution is 5.92. The number of aromatic amines is 1. The molecule has 0 amide bonds. The minimum atomic E-state index is -0.179. The molecule has 5 aromatic rings. The molecule has 3 heterocycles. The smallest absolute Gasteiger partial charge is 0.209 e. The third kappa shape index (κ3) is 2.91. The Kier molecular flexibility index (Phi) is 4.02. The molecule has 0 radical (unpaired) electrons. The molecular formula is C23H16N4O2. The Morgan fingerprint density at radius 1 is 0.862 bits per heavy atom. The van der Waals surface area contributed by atoms with Gasteiger partial charge in [-0.2, -0.15) is 0 Å². The summed E-state index contributed by atoms with van der Waals surface area (Å²) in [6, 6.07) is 19.0. The molecule has 1 N–H and O–H groups in total. The van der Waals surface area contributed by atoms with Crippen molar-refractivity contribution >= 4 is 22.1 Å². The van der Waals surface area contributed by atoms with Crippen LogP contribution in [0.25, 0.3) is 44.6 Å². The van der Waals surface area contributed by atoms with Crippen molar-refractivity contribution in [1.29, 1.82) is 0 Å². The third-order valence-corrected chi connectivity index (χ3v) is 4.79. The number of hydrogen-bond donors (Lipinski definition) is 1. The van der Waals surface area contributed by atoms with Crippen LogP contribution in [0, 0.1) is 0 Å². The van der Waals surface area contributed by atoms with Gasteiger partial charge >= 0.3 is 0 Å². The molecule has 0 saturated carbocycles. The average molecular weight is 380 g/mol. The maximum atomic E-state index is 12.4. The molecule has 2 aromatic carbocycles. The summed E-state index contributed by atoms with van der Waals surface area (Å²) in [7, 11) is 1.61. The van der Waals surface area contributed by atoms with Gasteiger partial charge in [0.1, 0.15) is 11.3 Å². The Morgan fingerprint density at radius 3 is 2.52 bits per heavy atom. The molecule has 3 aromatic heterocycles. The van der Waals surface area contributed by atoms with Crippen molar-refractivity contribution in [3.05, 3.63) is 83.3 Å². The number of fused-ring (bicyclic) bond motifs is 2. The summed E-state index contributed by atoms with van der Waals surface area (Å²) < 4.78 is 5.57. The van der Waals surface area contributed by atoms with Gasteiger partial charge < -0.3 is 9.72 Å². The molecular weight excluding hydrogens is 364 g/mol. The molecule has 0 unspecified atom stereocenters. The van der Waals surface area contributed by atoms with Crippen molar-refractivity contribution in [3.8, 4) is 28.3 Å². The summed E-state index contributed by atoms with van der Waals surface area (Å²) >= 11 is 0. The van der Waals surface area contributed by atoms with Crippen LogP contribution in [0.5, 0.6) is 5.75 Å². The quantitative estimate of drug-likeness (QED) is 0.507. The summed E-state index contributed by atoms with van der Waals surface area (Å²) in [5.74, 6) is 0.640. The largest absolute Gasteiger partial charge is 0.494 e. The molecule has 0 aliphatic heterocycles. The fraction of sp³-hybridized carbons (Fsp3) is 0.0435. The Morgan fingerprint density at radius 2 is 1.69 bits per heavy atom. The van der Waals surface area contributed by atoms with E-state index in [1.54, 1.807) is 19.5 Å². The van der Waals surface area contributed by atoms with E-state index in [-0.39, 0.29) is 5.43 Å². The first-order chi connectivity index (χ1) is 14.2. The number of aromatic nitrogens is 4. The maximum absolute atomic E-state index is 12.4. The Bertz CT molecular complexity index is 1410. The number of nitrogens with one attached hydrogen (secondary N) is 1. The lowest BCUT2D eigenvalue weighted by atomic mass is 10.0. The van der Waals surface area contributed by atoms with E-state index in [0.29, 0.717) is 28.3 Å². The van der Waals surface area contributed by atoms with Gasteiger partial charge in [0.15, 0.2) is 11.2 Å². The number of benzene rings is 2. The van der Waals surface area contributed by atoms with Gasteiger partial charge in [-0.15, -0.1) is 0 Å². The summed E-state index contributed by atoms with van der Waals surface area (Å²) in [5, 5.41) is 0.921. The topological polar surface area (TPSA) is 80.8 Å². The van der Waals surface area contributed by atoms with Gasteiger partial charge in [0.25, 0.3) is 0 Å². The lowest BCUT2D eigenvalue weighted by molar-refractivity contribution is 0.419. The number of hydrogen-bond acceptors (Lipinski definition) is 5. The number of ether oxygens (including phenoxy) is 1. The van der Waals surface area contributed by atoms with Crippen molar-refractivity contribution in [2.24, 2.45) is 0 Å². The van der Waals surface area contributed by atoms with Crippen molar-refractivity contribution < 1.29 is 4.74 Å². The van der Waals surface area contributed by atoms with E-state index in [2.05, 4.69) is 9.97 Å². The van der Waals surface area contributed by atoms with Crippen LogP contribution in [0.1, 0.15) is 0 Å². The van der Waals surface area contributed by atoms with Gasteiger partial charge in [-0.05, 0) is 18.2 Å². The van der Waals surface area contributed by atoms with Crippen LogP contribution >= 0.6 is 0 Å². The average Bonchev–Trinajstić information content (AvgIpc) is 2.78. The van der Waals surface area contributed by atoms with Crippen molar-refractivity contribution in [2.45, 2.75) is 0 Å². The summed E-state index contributed by atoms with van der Waals surface area (Å²) in [5.41, 5.74) is 4.36. The van der Waals surface area contributed by atoms with Gasteiger partial charge in [-0.3, -0.25) is 9.78 Å². The highest BCUT2D eigenvalue weighted by atomic mass is 16.5. The molecule has 6 nitrogen and oxygen atoms in total. The zero-order valence-electron chi connectivity index (χ0n) is 15.6. The maximum Gasteiger partial charge on any atom is 0.209 e. The van der Waals surface area contributed by atoms with Crippen LogP contribution in [0.4, 0.5) is 0 Å². The van der Waals surface area contributed by atoms with Crippen LogP contribution in [0.15, 0.2) is 77.9 Å². The van der Waals surface area contributed by atoms with E-state index in [0.717, 1.165) is 22.0 Å². The van der Waals surface area contributed by atoms with E-state index in [1.165, 1.54) is 6.07 Å². The molecule has 29 heavy (non-hydrogen) atoms. The predicted octanol–water partition coefficient (Wildman–Crippen LogP) is 4.21. The second-order valence-electron chi connectivity index (χ2n) is 6.58. The standard InChI is InChI=1S/C23H16N4O2/c1-29-18-13-16(12-15-8-5-10-24-19(15)18)21-20(14-6-3-2-4-7-14)27-23-22(26-21)17(28)9-11-25-23/h2-13H,1H3,(H,25,27,28). The van der Waals surface area contributed by atoms with Crippen LogP contribution < -0.4 is 10.2 Å². The normalized spacial score (nSPS) is 11.1. The third-order valence-electron chi connectivity index (χ3n) is 4.79. The van der Waals surface area contributed by atoms with Crippen molar-refractivity contribution in [3.63, 3.8) is 0 Å². The minimum Gasteiger partial charge on any atom is -0.494 e. The SMILES string of the molecule is COc1cc(-c2nc3c(=O)cc[nH]c3nc2-c2ccccc2)cc2cccnc12. The number of methoxy groups -OCH3 is 1. The Hall–Kier alpha value is -4.06. The van der Waals surface area contributed by atoms with E-state index < -0.39 is 0 Å². The van der Waals surface area contributed by atoms with Crippen LogP contribution in [-0.2, 0) is 0 Å². The van der Waals surface area contributed by atoms with Gasteiger partial charge in [0.2, 0.25) is 5.43 Å². The first-order valence-corrected chi connectivity index (χ1v) is 9.12. The minimum absolute atomic E-state index is 0.179.